The van der Waals surface area contributed by atoms with E-state index in [1.165, 1.54) is 36.1 Å². The summed E-state index contributed by atoms with van der Waals surface area (Å²) in [5.74, 6) is -1.11. The molecular formula is C22H21ClFN3O3S2. The Kier molecular flexibility index (Phi) is 6.64. The minimum atomic E-state index is -3.87. The summed E-state index contributed by atoms with van der Waals surface area (Å²) in [6.45, 7) is 0. The number of halogens is 2. The molecule has 4 rings (SSSR count). The van der Waals surface area contributed by atoms with Gasteiger partial charge >= 0.3 is 0 Å². The van der Waals surface area contributed by atoms with Crippen LogP contribution in [0.3, 0.4) is 0 Å². The fourth-order valence-electron chi connectivity index (χ4n) is 3.57. The van der Waals surface area contributed by atoms with Crippen LogP contribution in [0.2, 0.25) is 5.02 Å². The fourth-order valence-corrected chi connectivity index (χ4v) is 6.20. The Hall–Kier alpha value is -2.30. The number of hydrogen-bond donors (Lipinski definition) is 2. The summed E-state index contributed by atoms with van der Waals surface area (Å²) < 4.78 is 42.5. The van der Waals surface area contributed by atoms with Gasteiger partial charge in [0.25, 0.3) is 10.2 Å². The van der Waals surface area contributed by atoms with Crippen molar-refractivity contribution in [2.75, 3.05) is 12.4 Å². The molecule has 0 radical (unpaired) electrons. The molecule has 1 aliphatic heterocycles. The molecule has 0 spiro atoms. The summed E-state index contributed by atoms with van der Waals surface area (Å²) in [6.07, 6.45) is 1.00. The first kappa shape index (κ1) is 22.9. The Morgan fingerprint density at radius 2 is 1.97 bits per heavy atom. The van der Waals surface area contributed by atoms with Crippen LogP contribution < -0.4 is 10.0 Å². The van der Waals surface area contributed by atoms with Crippen LogP contribution in [0.25, 0.3) is 0 Å². The van der Waals surface area contributed by atoms with Gasteiger partial charge < -0.3 is 5.32 Å². The molecule has 6 nitrogen and oxygen atoms in total. The number of thiophene rings is 1. The Bertz CT molecular complexity index is 1230. The number of nitrogens with zero attached hydrogens (tertiary/aromatic N) is 1. The van der Waals surface area contributed by atoms with E-state index in [2.05, 4.69) is 10.0 Å². The number of nitrogens with one attached hydrogen (secondary N) is 2. The number of benzene rings is 2. The molecule has 0 aliphatic carbocycles. The van der Waals surface area contributed by atoms with E-state index in [4.69, 9.17) is 11.6 Å². The molecule has 0 unspecified atom stereocenters. The van der Waals surface area contributed by atoms with Gasteiger partial charge in [0.2, 0.25) is 5.91 Å². The highest BCUT2D eigenvalue weighted by atomic mass is 35.5. The van der Waals surface area contributed by atoms with Crippen molar-refractivity contribution in [3.8, 4) is 0 Å². The maximum absolute atomic E-state index is 13.4. The van der Waals surface area contributed by atoms with Crippen molar-refractivity contribution in [1.29, 1.82) is 0 Å². The topological polar surface area (TPSA) is 78.5 Å². The van der Waals surface area contributed by atoms with Gasteiger partial charge in [-0.25, -0.2) is 4.39 Å². The molecule has 1 amide bonds. The summed E-state index contributed by atoms with van der Waals surface area (Å²) in [4.78, 5) is 14.9. The predicted molar refractivity (Wildman–Crippen MR) is 125 cm³/mol. The molecular weight excluding hydrogens is 473 g/mol. The van der Waals surface area contributed by atoms with Gasteiger partial charge in [-0.05, 0) is 42.3 Å². The van der Waals surface area contributed by atoms with Crippen molar-refractivity contribution in [3.05, 3.63) is 86.8 Å². The molecule has 2 N–H and O–H groups in total. The van der Waals surface area contributed by atoms with Crippen LogP contribution in [0.4, 0.5) is 10.1 Å². The van der Waals surface area contributed by atoms with Crippen molar-refractivity contribution in [2.24, 2.45) is 0 Å². The third-order valence-electron chi connectivity index (χ3n) is 5.31. The summed E-state index contributed by atoms with van der Waals surface area (Å²) in [5, 5.41) is 2.51. The molecule has 0 saturated carbocycles. The molecule has 2 atom stereocenters. The molecule has 168 valence electrons. The zero-order valence-electron chi connectivity index (χ0n) is 17.1. The maximum atomic E-state index is 13.4. The van der Waals surface area contributed by atoms with Crippen molar-refractivity contribution >= 4 is 44.7 Å². The molecule has 1 aromatic heterocycles. The zero-order valence-corrected chi connectivity index (χ0v) is 19.5. The quantitative estimate of drug-likeness (QED) is 0.554. The van der Waals surface area contributed by atoms with Crippen molar-refractivity contribution < 1.29 is 17.6 Å². The fraction of sp³-hybridized carbons (Fsp3) is 0.227. The number of carbonyl (C=O) groups excluding carboxylic acids is 1. The molecule has 2 heterocycles. The second-order valence-electron chi connectivity index (χ2n) is 7.53. The van der Waals surface area contributed by atoms with E-state index in [9.17, 15) is 17.6 Å². The van der Waals surface area contributed by atoms with Gasteiger partial charge in [-0.15, -0.1) is 11.3 Å². The lowest BCUT2D eigenvalue weighted by Gasteiger charge is -2.35. The van der Waals surface area contributed by atoms with Gasteiger partial charge in [-0.2, -0.15) is 17.4 Å². The standard InChI is InChI=1S/C22H21ClFN3O3S2/c1-27-20(22(28)25-15-7-9-18(24)17(23)12-15)13-19(26-32(27,29)30)21-10-8-16(31-21)11-14-5-3-2-4-6-14/h2-10,12,19-20,26H,11,13H2,1H3,(H,25,28)/t19-,20+/m0/s1. The van der Waals surface area contributed by atoms with E-state index in [1.807, 2.05) is 42.5 Å². The lowest BCUT2D eigenvalue weighted by molar-refractivity contribution is -0.120. The summed E-state index contributed by atoms with van der Waals surface area (Å²) in [6, 6.07) is 16.2. The molecule has 1 saturated heterocycles. The van der Waals surface area contributed by atoms with Gasteiger partial charge in [-0.3, -0.25) is 4.79 Å². The number of carbonyl (C=O) groups is 1. The number of anilines is 1. The zero-order chi connectivity index (χ0) is 22.9. The van der Waals surface area contributed by atoms with E-state index in [0.717, 1.165) is 26.5 Å². The lowest BCUT2D eigenvalue weighted by Crippen LogP contribution is -2.55. The highest BCUT2D eigenvalue weighted by molar-refractivity contribution is 7.87. The summed E-state index contributed by atoms with van der Waals surface area (Å²) >= 11 is 7.30. The Labute approximate surface area is 195 Å². The van der Waals surface area contributed by atoms with Crippen LogP contribution in [-0.4, -0.2) is 31.7 Å². The second kappa shape index (κ2) is 9.29. The first-order valence-corrected chi connectivity index (χ1v) is 12.5. The minimum Gasteiger partial charge on any atom is -0.325 e. The maximum Gasteiger partial charge on any atom is 0.280 e. The first-order valence-electron chi connectivity index (χ1n) is 9.86. The van der Waals surface area contributed by atoms with Crippen molar-refractivity contribution in [3.63, 3.8) is 0 Å². The van der Waals surface area contributed by atoms with Gasteiger partial charge in [0.1, 0.15) is 11.9 Å². The van der Waals surface area contributed by atoms with E-state index in [1.54, 1.807) is 0 Å². The Balaban J connectivity index is 1.52. The molecule has 0 bridgehead atoms. The van der Waals surface area contributed by atoms with Crippen LogP contribution in [0.15, 0.2) is 60.7 Å². The van der Waals surface area contributed by atoms with Gasteiger partial charge in [0, 0.05) is 28.9 Å². The van der Waals surface area contributed by atoms with Crippen LogP contribution in [0.5, 0.6) is 0 Å². The van der Waals surface area contributed by atoms with Gasteiger partial charge in [0.15, 0.2) is 0 Å². The van der Waals surface area contributed by atoms with Crippen LogP contribution in [0, 0.1) is 5.82 Å². The van der Waals surface area contributed by atoms with Gasteiger partial charge in [0.05, 0.1) is 11.1 Å². The SMILES string of the molecule is CN1[C@@H](C(=O)Nc2ccc(F)c(Cl)c2)C[C@@H](c2ccc(Cc3ccccc3)s2)NS1(=O)=O. The highest BCUT2D eigenvalue weighted by Crippen LogP contribution is 2.33. The highest BCUT2D eigenvalue weighted by Gasteiger charge is 2.41. The van der Waals surface area contributed by atoms with Gasteiger partial charge in [-0.1, -0.05) is 41.9 Å². The number of likely N-dealkylation sites (N-methyl/N-ethyl adjacent to an activating group) is 1. The van der Waals surface area contributed by atoms with E-state index in [0.29, 0.717) is 5.69 Å². The monoisotopic (exact) mass is 493 g/mol. The normalized spacial score (nSPS) is 20.7. The smallest absolute Gasteiger partial charge is 0.280 e. The van der Waals surface area contributed by atoms with Crippen molar-refractivity contribution in [2.45, 2.75) is 24.9 Å². The number of hydrogen-bond acceptors (Lipinski definition) is 4. The Morgan fingerprint density at radius 1 is 1.22 bits per heavy atom. The minimum absolute atomic E-state index is 0.128. The average Bonchev–Trinajstić information content (AvgIpc) is 3.21. The molecule has 1 fully saturated rings. The number of rotatable bonds is 5. The van der Waals surface area contributed by atoms with Crippen molar-refractivity contribution in [1.82, 2.24) is 9.03 Å². The Morgan fingerprint density at radius 3 is 2.69 bits per heavy atom. The molecule has 10 heteroatoms. The van der Waals surface area contributed by atoms with E-state index in [-0.39, 0.29) is 11.4 Å². The third kappa shape index (κ3) is 5.02. The van der Waals surface area contributed by atoms with E-state index < -0.39 is 34.0 Å². The molecule has 2 aromatic carbocycles. The number of amides is 1. The van der Waals surface area contributed by atoms with Crippen LogP contribution in [0.1, 0.15) is 27.8 Å². The lowest BCUT2D eigenvalue weighted by atomic mass is 10.1. The average molecular weight is 494 g/mol. The molecule has 3 aromatic rings. The summed E-state index contributed by atoms with van der Waals surface area (Å²) in [5.41, 5.74) is 1.46. The second-order valence-corrected chi connectivity index (χ2v) is 10.9. The van der Waals surface area contributed by atoms with Crippen LogP contribution >= 0.6 is 22.9 Å². The largest absolute Gasteiger partial charge is 0.325 e. The summed E-state index contributed by atoms with van der Waals surface area (Å²) in [7, 11) is -2.51. The third-order valence-corrected chi connectivity index (χ3v) is 8.39. The molecule has 1 aliphatic rings. The van der Waals surface area contributed by atoms with Crippen LogP contribution in [-0.2, 0) is 21.4 Å². The first-order chi connectivity index (χ1) is 15.2. The predicted octanol–water partition coefficient (Wildman–Crippen LogP) is 4.35. The van der Waals surface area contributed by atoms with E-state index >= 15 is 0 Å². The molecule has 32 heavy (non-hydrogen) atoms.